The van der Waals surface area contributed by atoms with E-state index in [0.29, 0.717) is 29.8 Å². The van der Waals surface area contributed by atoms with E-state index in [-0.39, 0.29) is 57.1 Å². The zero-order valence-electron chi connectivity index (χ0n) is 33.3. The molecule has 1 aromatic heterocycles. The molecular weight excluding hydrogens is 647 g/mol. The van der Waals surface area contributed by atoms with Gasteiger partial charge in [-0.15, -0.1) is 5.10 Å². The van der Waals surface area contributed by atoms with Crippen molar-refractivity contribution in [2.24, 2.45) is 39.3 Å². The molecular formula is C43H57N7O2. The first-order chi connectivity index (χ1) is 24.1. The summed E-state index contributed by atoms with van der Waals surface area (Å²) in [6, 6.07) is 13.9. The maximum absolute atomic E-state index is 14.7. The Balaban J connectivity index is 1.66. The minimum atomic E-state index is -0.561. The van der Waals surface area contributed by atoms with Gasteiger partial charge in [-0.05, 0) is 78.2 Å². The van der Waals surface area contributed by atoms with Crippen molar-refractivity contribution in [2.45, 2.75) is 107 Å². The number of carbonyl (C=O) groups is 1. The van der Waals surface area contributed by atoms with Gasteiger partial charge in [-0.1, -0.05) is 100 Å². The number of allylic oxidation sites excluding steroid dienone is 1. The van der Waals surface area contributed by atoms with Crippen molar-refractivity contribution in [2.75, 3.05) is 11.4 Å². The molecule has 2 N–H and O–H groups in total. The number of rotatable bonds is 7. The van der Waals surface area contributed by atoms with Crippen LogP contribution in [-0.4, -0.2) is 39.2 Å². The Kier molecular flexibility index (Phi) is 10.4. The van der Waals surface area contributed by atoms with Crippen LogP contribution in [0, 0.1) is 42.1 Å². The Hall–Kier alpha value is -4.71. The molecule has 2 unspecified atom stereocenters. The van der Waals surface area contributed by atoms with Crippen molar-refractivity contribution in [1.82, 2.24) is 14.8 Å². The lowest BCUT2D eigenvalue weighted by Crippen LogP contribution is -2.49. The van der Waals surface area contributed by atoms with Crippen molar-refractivity contribution in [3.8, 4) is 11.4 Å². The van der Waals surface area contributed by atoms with E-state index in [1.165, 1.54) is 10.2 Å². The number of aliphatic imine (C=N–C) groups is 1. The van der Waals surface area contributed by atoms with Crippen LogP contribution in [0.15, 0.2) is 65.6 Å². The number of nitrogens with two attached hydrogens (primary N) is 1. The lowest BCUT2D eigenvalue weighted by atomic mass is 9.59. The average molecular weight is 704 g/mol. The number of aromatic nitrogens is 3. The summed E-state index contributed by atoms with van der Waals surface area (Å²) in [4.78, 5) is 30.4. The fraction of sp³-hybridized carbons (Fsp3) is 0.512. The van der Waals surface area contributed by atoms with E-state index in [0.717, 1.165) is 29.7 Å². The third-order valence-corrected chi connectivity index (χ3v) is 10.8. The van der Waals surface area contributed by atoms with Crippen LogP contribution in [0.3, 0.4) is 0 Å². The van der Waals surface area contributed by atoms with Crippen LogP contribution in [0.25, 0.3) is 21.8 Å². The van der Waals surface area contributed by atoms with Gasteiger partial charge >= 0.3 is 5.97 Å². The van der Waals surface area contributed by atoms with Gasteiger partial charge in [0.1, 0.15) is 11.7 Å². The van der Waals surface area contributed by atoms with Crippen LogP contribution in [-0.2, 0) is 14.9 Å². The molecule has 3 aromatic rings. The second-order valence-corrected chi connectivity index (χ2v) is 17.9. The number of ether oxygens (including phenoxy) is 1. The average Bonchev–Trinajstić information content (AvgIpc) is 3.59. The normalized spacial score (nSPS) is 21.6. The quantitative estimate of drug-likeness (QED) is 0.194. The molecule has 1 fully saturated rings. The van der Waals surface area contributed by atoms with E-state index < -0.39 is 5.97 Å². The van der Waals surface area contributed by atoms with Gasteiger partial charge in [-0.2, -0.15) is 0 Å². The Morgan fingerprint density at radius 3 is 2.12 bits per heavy atom. The summed E-state index contributed by atoms with van der Waals surface area (Å²) in [6.07, 6.45) is 1.59. The van der Waals surface area contributed by atoms with Gasteiger partial charge in [-0.3, -0.25) is 0 Å². The van der Waals surface area contributed by atoms with Crippen molar-refractivity contribution in [3.05, 3.63) is 88.9 Å². The molecule has 2 atom stereocenters. The number of hydrogen-bond acceptors (Lipinski definition) is 7. The minimum Gasteiger partial charge on any atom is -0.459 e. The molecule has 2 aliphatic rings. The summed E-state index contributed by atoms with van der Waals surface area (Å²) < 4.78 is 8.19. The van der Waals surface area contributed by atoms with E-state index >= 15 is 0 Å². The minimum absolute atomic E-state index is 0.0162. The van der Waals surface area contributed by atoms with E-state index in [1.54, 1.807) is 0 Å². The number of carbonyl (C=O) groups excluding carboxylic acids is 1. The fourth-order valence-corrected chi connectivity index (χ4v) is 7.73. The third kappa shape index (κ3) is 7.58. The molecule has 0 bridgehead atoms. The number of esters is 1. The summed E-state index contributed by atoms with van der Waals surface area (Å²) >= 11 is 0. The van der Waals surface area contributed by atoms with Crippen molar-refractivity contribution in [3.63, 3.8) is 0 Å². The fourth-order valence-electron chi connectivity index (χ4n) is 7.73. The van der Waals surface area contributed by atoms with Crippen LogP contribution in [0.2, 0.25) is 0 Å². The van der Waals surface area contributed by atoms with Crippen LogP contribution >= 0.6 is 0 Å². The molecule has 9 nitrogen and oxygen atoms in total. The molecule has 276 valence electrons. The Morgan fingerprint density at radius 2 is 1.63 bits per heavy atom. The lowest BCUT2D eigenvalue weighted by molar-refractivity contribution is -0.162. The molecule has 0 amide bonds. The number of hydrogen-bond donors (Lipinski definition) is 1. The summed E-state index contributed by atoms with van der Waals surface area (Å²) in [6.45, 7) is 39.1. The lowest BCUT2D eigenvalue weighted by Gasteiger charge is -2.50. The standard InChI is InChI=1S/C43H57N7O2/c1-15-49(27(4)44)30-20-21-33(26(3)24-30)46-39-35(45-14)34(38-47-37(48-50(38)39)28-16-18-29(19-17-28)41(5,6)7)40(51)52-36-31(42(8,9)10)22-25(2)23-32(36)43(11,12)13/h16-21,24-25,31-32,36H,4,15,22-23,44H2,1-3,5-13H3. The van der Waals surface area contributed by atoms with Crippen LogP contribution in [0.1, 0.15) is 106 Å². The highest BCUT2D eigenvalue weighted by atomic mass is 16.5. The monoisotopic (exact) mass is 703 g/mol. The van der Waals surface area contributed by atoms with Gasteiger partial charge in [0.05, 0.1) is 18.1 Å². The SMILES string of the molecule is [C-]#[N+]C1=C(C(=O)OC2C(C(C)(C)C)CC(C)CC2C(C)(C)C)c2nc(-c3ccc(C(C)(C)C)cc3)nn2C1=Nc1ccc(N(CC)C(=C)N)cc1C. The highest BCUT2D eigenvalue weighted by molar-refractivity contribution is 6.29. The number of nitrogens with zero attached hydrogens (tertiary/aromatic N) is 6. The van der Waals surface area contributed by atoms with Gasteiger partial charge in [-0.25, -0.2) is 24.3 Å². The topological polar surface area (TPSA) is 103 Å². The van der Waals surface area contributed by atoms with E-state index in [4.69, 9.17) is 32.1 Å². The number of anilines is 1. The van der Waals surface area contributed by atoms with E-state index in [2.05, 4.69) is 92.8 Å². The Morgan fingerprint density at radius 1 is 1.04 bits per heavy atom. The first kappa shape index (κ1) is 38.5. The van der Waals surface area contributed by atoms with Crippen molar-refractivity contribution in [1.29, 1.82) is 0 Å². The predicted octanol–water partition coefficient (Wildman–Crippen LogP) is 9.70. The zero-order valence-corrected chi connectivity index (χ0v) is 33.3. The first-order valence-corrected chi connectivity index (χ1v) is 18.5. The summed E-state index contributed by atoms with van der Waals surface area (Å²) in [7, 11) is 0. The summed E-state index contributed by atoms with van der Waals surface area (Å²) in [5.74, 6) is 1.61. The zero-order chi connectivity index (χ0) is 38.5. The maximum atomic E-state index is 14.7. The van der Waals surface area contributed by atoms with Gasteiger partial charge in [0.2, 0.25) is 5.70 Å². The number of benzene rings is 2. The predicted molar refractivity (Wildman–Crippen MR) is 212 cm³/mol. The van der Waals surface area contributed by atoms with Gasteiger partial charge in [0.25, 0.3) is 0 Å². The molecule has 0 radical (unpaired) electrons. The molecule has 2 heterocycles. The Labute approximate surface area is 310 Å². The molecule has 5 rings (SSSR count). The van der Waals surface area contributed by atoms with Crippen LogP contribution in [0.5, 0.6) is 0 Å². The largest absolute Gasteiger partial charge is 0.459 e. The van der Waals surface area contributed by atoms with Gasteiger partial charge in [0, 0.05) is 29.6 Å². The second kappa shape index (κ2) is 14.0. The van der Waals surface area contributed by atoms with E-state index in [9.17, 15) is 4.79 Å². The molecule has 52 heavy (non-hydrogen) atoms. The van der Waals surface area contributed by atoms with Gasteiger partial charge < -0.3 is 15.4 Å². The van der Waals surface area contributed by atoms with Gasteiger partial charge in [0.15, 0.2) is 17.5 Å². The van der Waals surface area contributed by atoms with Crippen molar-refractivity contribution >= 4 is 28.8 Å². The molecule has 1 saturated carbocycles. The molecule has 1 aliphatic heterocycles. The third-order valence-electron chi connectivity index (χ3n) is 10.8. The van der Waals surface area contributed by atoms with Crippen LogP contribution in [0.4, 0.5) is 11.4 Å². The molecule has 0 spiro atoms. The summed E-state index contributed by atoms with van der Waals surface area (Å²) in [5.41, 5.74) is 10.4. The highest BCUT2D eigenvalue weighted by Gasteiger charge is 2.49. The van der Waals surface area contributed by atoms with Crippen LogP contribution < -0.4 is 10.6 Å². The molecule has 1 aliphatic carbocycles. The number of fused-ring (bicyclic) bond motifs is 1. The molecule has 2 aromatic carbocycles. The summed E-state index contributed by atoms with van der Waals surface area (Å²) in [5, 5.41) is 4.88. The maximum Gasteiger partial charge on any atom is 0.331 e. The first-order valence-electron chi connectivity index (χ1n) is 18.5. The van der Waals surface area contributed by atoms with Crippen molar-refractivity contribution < 1.29 is 9.53 Å². The highest BCUT2D eigenvalue weighted by Crippen LogP contribution is 2.50. The van der Waals surface area contributed by atoms with E-state index in [1.807, 2.05) is 49.1 Å². The smallest absolute Gasteiger partial charge is 0.331 e. The molecule has 0 saturated heterocycles. The second-order valence-electron chi connectivity index (χ2n) is 17.9. The Bertz CT molecular complexity index is 1930. The molecule has 9 heteroatoms. The number of aryl methyl sites for hydroxylation is 1.